The number of rotatable bonds is 40. The number of nitrogens with one attached hydrogen (secondary N) is 4. The Morgan fingerprint density at radius 1 is 0.188 bits per heavy atom. The van der Waals surface area contributed by atoms with Gasteiger partial charge in [0.15, 0.2) is 69.8 Å². The predicted octanol–water partition coefficient (Wildman–Crippen LogP) is 11.0. The van der Waals surface area contributed by atoms with E-state index in [1.54, 1.807) is 0 Å². The summed E-state index contributed by atoms with van der Waals surface area (Å²) >= 11 is 0. The van der Waals surface area contributed by atoms with Crippen molar-refractivity contribution in [3.8, 4) is 0 Å². The van der Waals surface area contributed by atoms with Crippen LogP contribution in [-0.4, -0.2) is 92.0 Å². The van der Waals surface area contributed by atoms with Crippen molar-refractivity contribution in [2.75, 3.05) is 78.5 Å². The van der Waals surface area contributed by atoms with E-state index in [0.717, 1.165) is 0 Å². The molecule has 0 saturated carbocycles. The molecule has 4 rings (SSSR count). The van der Waals surface area contributed by atoms with E-state index in [1.807, 2.05) is 19.6 Å². The van der Waals surface area contributed by atoms with Gasteiger partial charge in [0.25, 0.3) is 0 Å². The fourth-order valence-electron chi connectivity index (χ4n) is 11.5. The monoisotopic (exact) mass is 1480 g/mol. The van der Waals surface area contributed by atoms with E-state index >= 15 is 35.1 Å². The average Bonchev–Trinajstić information content (AvgIpc) is 0.683. The zero-order valence-electron chi connectivity index (χ0n) is 61.4. The Labute approximate surface area is 587 Å². The van der Waals surface area contributed by atoms with Gasteiger partial charge in [0.2, 0.25) is 0 Å². The molecule has 0 spiro atoms. The van der Waals surface area contributed by atoms with E-state index < -0.39 is 152 Å². The molecule has 0 aliphatic heterocycles. The van der Waals surface area contributed by atoms with Gasteiger partial charge in [-0.3, -0.25) is 7.32 Å². The van der Waals surface area contributed by atoms with Gasteiger partial charge in [-0.25, -0.2) is 87.8 Å². The summed E-state index contributed by atoms with van der Waals surface area (Å²) in [6.07, 6.45) is 25.8. The third-order valence-corrected chi connectivity index (χ3v) is 17.3. The number of hydrogen-bond acceptors (Lipinski definition) is 3. The molecule has 0 bridgehead atoms. The molecule has 0 aromatic heterocycles. The summed E-state index contributed by atoms with van der Waals surface area (Å²) in [6.45, 7) is 44.3. The van der Waals surface area contributed by atoms with Crippen LogP contribution in [0, 0.1) is 116 Å². The minimum absolute atomic E-state index is 1.35. The van der Waals surface area contributed by atoms with Gasteiger partial charge in [-0.05, 0) is 77.0 Å². The Balaban J connectivity index is 0. The summed E-state index contributed by atoms with van der Waals surface area (Å²) in [4.78, 5) is 7.35. The zero-order valence-corrected chi connectivity index (χ0v) is 61.4. The summed E-state index contributed by atoms with van der Waals surface area (Å²) in [7, 11) is -2.92. The van der Waals surface area contributed by atoms with Crippen LogP contribution in [0.4, 0.5) is 87.8 Å². The second-order valence-corrected chi connectivity index (χ2v) is 25.3. The van der Waals surface area contributed by atoms with E-state index in [4.69, 9.17) is 15.1 Å². The molecule has 0 fully saturated rings. The van der Waals surface area contributed by atoms with Gasteiger partial charge in [0.05, 0.1) is 78.5 Å². The number of hydrogen-bond donors (Lipinski definition) is 4. The molecule has 101 heavy (non-hydrogen) atoms. The van der Waals surface area contributed by atoms with Crippen LogP contribution in [0.3, 0.4) is 0 Å². The molecule has 0 amide bonds. The smallest absolute Gasteiger partial charge is 0.200 e. The van der Waals surface area contributed by atoms with Crippen molar-refractivity contribution in [2.24, 2.45) is 0 Å². The van der Waals surface area contributed by atoms with Crippen LogP contribution < -0.4 is 56.5 Å². The Hall–Kier alpha value is -4.67. The second-order valence-electron chi connectivity index (χ2n) is 25.3. The lowest BCUT2D eigenvalue weighted by atomic mass is 9.12. The van der Waals surface area contributed by atoms with Gasteiger partial charge in [0, 0.05) is 0 Å². The molecule has 0 atom stereocenters. The molecule has 0 unspecified atom stereocenters. The summed E-state index contributed by atoms with van der Waals surface area (Å²) in [5, 5.41) is 25.2. The zero-order chi connectivity index (χ0) is 77.7. The normalized spacial score (nSPS) is 11.3. The Morgan fingerprint density at radius 2 is 0.267 bits per heavy atom. The first-order chi connectivity index (χ1) is 47.8. The minimum Gasteiger partial charge on any atom is -0.907 e. The summed E-state index contributed by atoms with van der Waals surface area (Å²) in [6, 6.07) is 0. The molecule has 4 aromatic carbocycles. The fourth-order valence-corrected chi connectivity index (χ4v) is 11.5. The molecule has 0 heterocycles. The van der Waals surface area contributed by atoms with Crippen molar-refractivity contribution >= 4 is 35.3 Å². The van der Waals surface area contributed by atoms with Crippen molar-refractivity contribution in [3.63, 3.8) is 0 Å². The summed E-state index contributed by atoms with van der Waals surface area (Å²) in [5.41, 5.74) is -14.3. The van der Waals surface area contributed by atoms with Crippen LogP contribution in [-0.2, 0) is 0 Å². The highest BCUT2D eigenvalue weighted by atomic mass is 19.2. The number of halogens is 20. The largest absolute Gasteiger partial charge is 0.907 e. The summed E-state index contributed by atoms with van der Waals surface area (Å²) in [5.74, 6) is -71.4. The molecule has 0 aliphatic carbocycles. The third-order valence-electron chi connectivity index (χ3n) is 17.3. The van der Waals surface area contributed by atoms with E-state index in [-0.39, 0.29) is 0 Å². The molecular weight excluding hydrogens is 1370 g/mol. The molecule has 584 valence electrons. The standard InChI is InChI=1S/C24BF20.4C12H27N.BO3/c26-5-1(6(27)14(35)21(42)13(5)34)25(2-7(28)15(36)22(43)16(37)8(2)29,3-9(30)17(38)23(44)18(39)10(3)31)4-11(32)19(40)24(45)20(41)12(4)33;4*1-4-7-10-13(11-8-5-2)12-9-6-3;2-1(3)4/h;4*4-12H2,1-3H3;/q-1;;;;;-3/p+4. The van der Waals surface area contributed by atoms with E-state index in [9.17, 15) is 52.7 Å². The molecule has 4 N–H and O–H groups in total. The van der Waals surface area contributed by atoms with Crippen LogP contribution in [0.25, 0.3) is 0 Å². The van der Waals surface area contributed by atoms with E-state index in [0.29, 0.717) is 0 Å². The van der Waals surface area contributed by atoms with Crippen LogP contribution >= 0.6 is 0 Å². The van der Waals surface area contributed by atoms with Crippen LogP contribution in [0.15, 0.2) is 0 Å². The minimum atomic E-state index is -7.22. The number of quaternary nitrogens is 4. The van der Waals surface area contributed by atoms with Crippen molar-refractivity contribution in [1.29, 1.82) is 0 Å². The maximum atomic E-state index is 15.4. The lowest BCUT2D eigenvalue weighted by Crippen LogP contribution is -3.12. The first kappa shape index (κ1) is 98.4. The Bertz CT molecular complexity index is 2370. The van der Waals surface area contributed by atoms with Crippen molar-refractivity contribution in [1.82, 2.24) is 0 Å². The van der Waals surface area contributed by atoms with Crippen molar-refractivity contribution < 1.29 is 122 Å². The quantitative estimate of drug-likeness (QED) is 0.0155. The lowest BCUT2D eigenvalue weighted by molar-refractivity contribution is -0.900. The van der Waals surface area contributed by atoms with Gasteiger partial charge in [-0.15, -0.1) is 21.9 Å². The molecule has 29 heteroatoms. The topological polar surface area (TPSA) is 86.9 Å². The molecular formula is C72H112B2F20N4O3. The second kappa shape index (κ2) is 54.9. The van der Waals surface area contributed by atoms with Gasteiger partial charge >= 0.3 is 0 Å². The van der Waals surface area contributed by atoms with E-state index in [2.05, 4.69) is 83.1 Å². The third kappa shape index (κ3) is 31.1. The van der Waals surface area contributed by atoms with E-state index in [1.165, 1.54) is 233 Å². The lowest BCUT2D eigenvalue weighted by Gasteiger charge is -2.44. The van der Waals surface area contributed by atoms with Gasteiger partial charge in [0.1, 0.15) is 52.7 Å². The molecule has 0 radical (unpaired) electrons. The maximum absolute atomic E-state index is 15.4. The van der Waals surface area contributed by atoms with Crippen molar-refractivity contribution in [2.45, 2.75) is 237 Å². The Kier molecular flexibility index (Phi) is 53.5. The predicted molar refractivity (Wildman–Crippen MR) is 356 cm³/mol. The summed E-state index contributed by atoms with van der Waals surface area (Å²) < 4.78 is 294. The van der Waals surface area contributed by atoms with Gasteiger partial charge in [-0.2, -0.15) is 0 Å². The first-order valence-corrected chi connectivity index (χ1v) is 36.4. The van der Waals surface area contributed by atoms with Crippen LogP contribution in [0.5, 0.6) is 0 Å². The Morgan fingerprint density at radius 3 is 0.347 bits per heavy atom. The fraction of sp³-hybridized carbons (Fsp3) is 0.667. The highest BCUT2D eigenvalue weighted by Gasteiger charge is 2.52. The molecule has 4 aromatic rings. The molecule has 7 nitrogen and oxygen atoms in total. The molecule has 0 saturated heterocycles. The van der Waals surface area contributed by atoms with Gasteiger partial charge in [-0.1, -0.05) is 160 Å². The number of unbranched alkanes of at least 4 members (excludes halogenated alkanes) is 12. The first-order valence-electron chi connectivity index (χ1n) is 36.4. The highest BCUT2D eigenvalue weighted by molar-refractivity contribution is 7.20. The molecule has 0 aliphatic rings. The SMILES string of the molecule is CCCC[NH+](CCCC)CCCC.CCCC[NH+](CCCC)CCCC.CCCC[NH+](CCCC)CCCC.CCCC[NH+](CCCC)CCCC.Fc1c(F)c(F)c([B-](c2c(F)c(F)c(F)c(F)c2F)(c2c(F)c(F)c(F)c(F)c2F)c2c(F)c(F)c(F)c(F)c2F)c(F)c1F.[O-]B([O-])[O-]. The highest BCUT2D eigenvalue weighted by Crippen LogP contribution is 2.31. The number of benzene rings is 4. The van der Waals surface area contributed by atoms with Gasteiger partial charge < -0.3 is 34.7 Å². The van der Waals surface area contributed by atoms with Crippen molar-refractivity contribution in [3.05, 3.63) is 116 Å². The van der Waals surface area contributed by atoms with Crippen LogP contribution in [0.2, 0.25) is 0 Å². The van der Waals surface area contributed by atoms with Crippen LogP contribution in [0.1, 0.15) is 237 Å². The maximum Gasteiger partial charge on any atom is 0.200 e. The average molecular weight is 1480 g/mol.